The topological polar surface area (TPSA) is 50.2 Å². The minimum atomic E-state index is 0.193. The Kier molecular flexibility index (Phi) is 3.47. The van der Waals surface area contributed by atoms with Gasteiger partial charge in [-0.3, -0.25) is 9.48 Å². The molecule has 0 unspecified atom stereocenters. The van der Waals surface area contributed by atoms with Crippen molar-refractivity contribution >= 4 is 5.91 Å². The fraction of sp³-hybridized carbons (Fsp3) is 0.667. The number of nitrogens with zero attached hydrogens (tertiary/aromatic N) is 3. The van der Waals surface area contributed by atoms with Gasteiger partial charge in [0.2, 0.25) is 5.91 Å². The lowest BCUT2D eigenvalue weighted by atomic mass is 10.1. The smallest absolute Gasteiger partial charge is 0.227 e. The van der Waals surface area contributed by atoms with Gasteiger partial charge in [-0.15, -0.1) is 0 Å². The van der Waals surface area contributed by atoms with Crippen molar-refractivity contribution in [1.82, 2.24) is 20.0 Å². The first kappa shape index (κ1) is 12.1. The summed E-state index contributed by atoms with van der Waals surface area (Å²) in [4.78, 5) is 14.1. The highest BCUT2D eigenvalue weighted by Crippen LogP contribution is 2.07. The van der Waals surface area contributed by atoms with E-state index in [9.17, 15) is 4.79 Å². The summed E-state index contributed by atoms with van der Waals surface area (Å²) in [7, 11) is 1.86. The second kappa shape index (κ2) is 4.87. The number of aryl methyl sites for hydroxylation is 1. The van der Waals surface area contributed by atoms with E-state index in [0.29, 0.717) is 18.5 Å². The molecule has 0 radical (unpaired) electrons. The van der Waals surface area contributed by atoms with E-state index in [1.165, 1.54) is 0 Å². The van der Waals surface area contributed by atoms with Crippen molar-refractivity contribution in [2.45, 2.75) is 32.4 Å². The van der Waals surface area contributed by atoms with E-state index < -0.39 is 0 Å². The van der Waals surface area contributed by atoms with E-state index >= 15 is 0 Å². The van der Waals surface area contributed by atoms with Gasteiger partial charge in [-0.1, -0.05) is 0 Å². The largest absolute Gasteiger partial charge is 0.339 e. The Hall–Kier alpha value is -1.36. The van der Waals surface area contributed by atoms with Crippen LogP contribution in [-0.4, -0.2) is 45.8 Å². The van der Waals surface area contributed by atoms with Gasteiger partial charge in [-0.05, 0) is 19.4 Å². The fourth-order valence-corrected chi connectivity index (χ4v) is 2.38. The van der Waals surface area contributed by atoms with Gasteiger partial charge in [0.05, 0.1) is 12.6 Å². The summed E-state index contributed by atoms with van der Waals surface area (Å²) in [5.74, 6) is 0.193. The van der Waals surface area contributed by atoms with E-state index in [0.717, 1.165) is 18.7 Å². The number of carbonyl (C=O) groups excluding carboxylic acids is 1. The van der Waals surface area contributed by atoms with Crippen LogP contribution in [0.5, 0.6) is 0 Å². The van der Waals surface area contributed by atoms with E-state index in [1.807, 2.05) is 18.1 Å². The lowest BCUT2D eigenvalue weighted by molar-refractivity contribution is -0.132. The zero-order valence-corrected chi connectivity index (χ0v) is 10.7. The molecular formula is C12H20N4O. The van der Waals surface area contributed by atoms with E-state index in [4.69, 9.17) is 0 Å². The van der Waals surface area contributed by atoms with Gasteiger partial charge in [-0.2, -0.15) is 5.10 Å². The third-order valence-electron chi connectivity index (χ3n) is 3.02. The lowest BCUT2D eigenvalue weighted by Gasteiger charge is -2.36. The molecule has 0 aliphatic carbocycles. The second-order valence-corrected chi connectivity index (χ2v) is 4.97. The van der Waals surface area contributed by atoms with Crippen LogP contribution in [0.15, 0.2) is 12.4 Å². The normalized spacial score (nSPS) is 25.0. The molecule has 1 amide bonds. The van der Waals surface area contributed by atoms with E-state index in [2.05, 4.69) is 24.3 Å². The third-order valence-corrected chi connectivity index (χ3v) is 3.02. The molecule has 1 aliphatic rings. The molecule has 5 heteroatoms. The monoisotopic (exact) mass is 236 g/mol. The van der Waals surface area contributed by atoms with Crippen LogP contribution in [-0.2, 0) is 18.3 Å². The summed E-state index contributed by atoms with van der Waals surface area (Å²) >= 11 is 0. The van der Waals surface area contributed by atoms with Crippen molar-refractivity contribution < 1.29 is 4.79 Å². The number of nitrogens with one attached hydrogen (secondary N) is 1. The first-order chi connectivity index (χ1) is 8.04. The van der Waals surface area contributed by atoms with Crippen molar-refractivity contribution in [1.29, 1.82) is 0 Å². The molecule has 5 nitrogen and oxygen atoms in total. The van der Waals surface area contributed by atoms with Gasteiger partial charge in [0.15, 0.2) is 0 Å². The standard InChI is InChI=1S/C12H20N4O/c1-9-6-16(7-10(2)14-9)12(17)4-11-5-13-15(3)8-11/h5,8-10,14H,4,6-7H2,1-3H3/t9-,10+. The molecule has 0 bridgehead atoms. The van der Waals surface area contributed by atoms with Gasteiger partial charge < -0.3 is 10.2 Å². The highest BCUT2D eigenvalue weighted by molar-refractivity contribution is 5.78. The van der Waals surface area contributed by atoms with E-state index in [1.54, 1.807) is 10.9 Å². The minimum absolute atomic E-state index is 0.193. The van der Waals surface area contributed by atoms with E-state index in [-0.39, 0.29) is 5.91 Å². The van der Waals surface area contributed by atoms with Crippen LogP contribution in [0.2, 0.25) is 0 Å². The molecule has 1 fully saturated rings. The molecule has 94 valence electrons. The van der Waals surface area contributed by atoms with Gasteiger partial charge in [0.1, 0.15) is 0 Å². The predicted molar refractivity (Wildman–Crippen MR) is 65.6 cm³/mol. The van der Waals surface area contributed by atoms with Crippen molar-refractivity contribution in [2.75, 3.05) is 13.1 Å². The molecule has 2 atom stereocenters. The molecule has 0 aromatic carbocycles. The number of rotatable bonds is 2. The first-order valence-electron chi connectivity index (χ1n) is 6.06. The summed E-state index contributed by atoms with van der Waals surface area (Å²) in [5, 5.41) is 7.50. The molecule has 1 aliphatic heterocycles. The molecule has 0 spiro atoms. The fourth-order valence-electron chi connectivity index (χ4n) is 2.38. The van der Waals surface area contributed by atoms with Crippen LogP contribution < -0.4 is 5.32 Å². The van der Waals surface area contributed by atoms with Crippen molar-refractivity contribution in [3.63, 3.8) is 0 Å². The highest BCUT2D eigenvalue weighted by Gasteiger charge is 2.24. The van der Waals surface area contributed by atoms with Crippen molar-refractivity contribution in [3.8, 4) is 0 Å². The Morgan fingerprint density at radius 3 is 2.65 bits per heavy atom. The molecule has 1 saturated heterocycles. The maximum Gasteiger partial charge on any atom is 0.227 e. The van der Waals surface area contributed by atoms with Crippen molar-refractivity contribution in [2.24, 2.45) is 7.05 Å². The summed E-state index contributed by atoms with van der Waals surface area (Å²) in [6.07, 6.45) is 4.10. The number of hydrogen-bond acceptors (Lipinski definition) is 3. The molecule has 1 aromatic heterocycles. The Morgan fingerprint density at radius 1 is 1.47 bits per heavy atom. The third kappa shape index (κ3) is 3.06. The highest BCUT2D eigenvalue weighted by atomic mass is 16.2. The summed E-state index contributed by atoms with van der Waals surface area (Å²) < 4.78 is 1.73. The van der Waals surface area contributed by atoms with Crippen LogP contribution in [0.3, 0.4) is 0 Å². The number of aromatic nitrogens is 2. The maximum atomic E-state index is 12.1. The predicted octanol–water partition coefficient (Wildman–Crippen LogP) is 0.171. The van der Waals surface area contributed by atoms with Gasteiger partial charge >= 0.3 is 0 Å². The quantitative estimate of drug-likeness (QED) is 0.796. The number of amides is 1. The van der Waals surface area contributed by atoms with Gasteiger partial charge in [0.25, 0.3) is 0 Å². The van der Waals surface area contributed by atoms with Gasteiger partial charge in [0, 0.05) is 38.4 Å². The Balaban J connectivity index is 1.95. The first-order valence-corrected chi connectivity index (χ1v) is 6.06. The molecule has 17 heavy (non-hydrogen) atoms. The lowest BCUT2D eigenvalue weighted by Crippen LogP contribution is -2.56. The molecule has 1 aromatic rings. The molecule has 2 heterocycles. The van der Waals surface area contributed by atoms with Crippen LogP contribution in [0.1, 0.15) is 19.4 Å². The van der Waals surface area contributed by atoms with Crippen LogP contribution in [0, 0.1) is 0 Å². The second-order valence-electron chi connectivity index (χ2n) is 4.97. The number of carbonyl (C=O) groups is 1. The SMILES string of the molecule is C[C@@H]1CN(C(=O)Cc2cnn(C)c2)C[C@H](C)N1. The Morgan fingerprint density at radius 2 is 2.12 bits per heavy atom. The van der Waals surface area contributed by atoms with Crippen LogP contribution in [0.25, 0.3) is 0 Å². The average Bonchev–Trinajstić information content (AvgIpc) is 2.62. The molecule has 0 saturated carbocycles. The molecular weight excluding hydrogens is 216 g/mol. The zero-order chi connectivity index (χ0) is 12.4. The Labute approximate surface area is 102 Å². The number of piperazine rings is 1. The summed E-state index contributed by atoms with van der Waals surface area (Å²) in [5.41, 5.74) is 0.983. The van der Waals surface area contributed by atoms with Crippen molar-refractivity contribution in [3.05, 3.63) is 18.0 Å². The van der Waals surface area contributed by atoms with Gasteiger partial charge in [-0.25, -0.2) is 0 Å². The summed E-state index contributed by atoms with van der Waals surface area (Å²) in [6.45, 7) is 5.81. The molecule has 1 N–H and O–H groups in total. The average molecular weight is 236 g/mol. The number of hydrogen-bond donors (Lipinski definition) is 1. The zero-order valence-electron chi connectivity index (χ0n) is 10.7. The van der Waals surface area contributed by atoms with Crippen LogP contribution >= 0.6 is 0 Å². The van der Waals surface area contributed by atoms with Crippen LogP contribution in [0.4, 0.5) is 0 Å². The maximum absolute atomic E-state index is 12.1. The summed E-state index contributed by atoms with van der Waals surface area (Å²) in [6, 6.07) is 0.744. The molecule has 2 rings (SSSR count). The Bertz CT molecular complexity index is 391. The minimum Gasteiger partial charge on any atom is -0.339 e.